The summed E-state index contributed by atoms with van der Waals surface area (Å²) in [6, 6.07) is 9.09. The molecule has 0 fully saturated rings. The molecule has 0 saturated heterocycles. The van der Waals surface area contributed by atoms with Crippen molar-refractivity contribution in [1.29, 1.82) is 0 Å². The summed E-state index contributed by atoms with van der Waals surface area (Å²) in [5.41, 5.74) is 1.94. The van der Waals surface area contributed by atoms with Crippen molar-refractivity contribution < 1.29 is 9.53 Å². The lowest BCUT2D eigenvalue weighted by Gasteiger charge is -2.40. The smallest absolute Gasteiger partial charge is 0.410 e. The topological polar surface area (TPSA) is 29.5 Å². The fourth-order valence-corrected chi connectivity index (χ4v) is 2.54. The first-order valence-corrected chi connectivity index (χ1v) is 6.66. The van der Waals surface area contributed by atoms with Gasteiger partial charge in [-0.05, 0) is 44.0 Å². The van der Waals surface area contributed by atoms with Gasteiger partial charge in [0, 0.05) is 18.5 Å². The van der Waals surface area contributed by atoms with Gasteiger partial charge in [0.1, 0.15) is 5.60 Å². The first kappa shape index (κ1) is 13.9. The van der Waals surface area contributed by atoms with Crippen LogP contribution in [0.3, 0.4) is 0 Å². The van der Waals surface area contributed by atoms with E-state index in [0.717, 1.165) is 5.56 Å². The van der Waals surface area contributed by atoms with Crippen molar-refractivity contribution in [2.45, 2.75) is 52.2 Å². The standard InChI is InChI=1S/C16H22NO2/c1-15(2,3)19-14(18)17-10-12-8-6-7-9-13(12)16(4,5)11-17/h7-9H,10-11H2,1-5H3. The van der Waals surface area contributed by atoms with Crippen LogP contribution in [0.15, 0.2) is 18.2 Å². The summed E-state index contributed by atoms with van der Waals surface area (Å²) >= 11 is 0. The Labute approximate surface area is 115 Å². The molecule has 3 heteroatoms. The third-order valence-electron chi connectivity index (χ3n) is 3.28. The largest absolute Gasteiger partial charge is 0.444 e. The highest BCUT2D eigenvalue weighted by Gasteiger charge is 2.35. The molecule has 0 atom stereocenters. The van der Waals surface area contributed by atoms with Crippen LogP contribution in [0.5, 0.6) is 0 Å². The molecule has 103 valence electrons. The monoisotopic (exact) mass is 260 g/mol. The molecule has 1 aliphatic rings. The minimum atomic E-state index is -0.454. The maximum atomic E-state index is 12.2. The maximum Gasteiger partial charge on any atom is 0.410 e. The predicted octanol–water partition coefficient (Wildman–Crippen LogP) is 3.52. The van der Waals surface area contributed by atoms with E-state index in [1.165, 1.54) is 5.56 Å². The summed E-state index contributed by atoms with van der Waals surface area (Å²) in [5, 5.41) is 0. The van der Waals surface area contributed by atoms with Gasteiger partial charge in [-0.3, -0.25) is 0 Å². The third-order valence-corrected chi connectivity index (χ3v) is 3.28. The van der Waals surface area contributed by atoms with E-state index < -0.39 is 5.60 Å². The molecule has 1 amide bonds. The summed E-state index contributed by atoms with van der Waals surface area (Å²) in [7, 11) is 0. The molecule has 2 rings (SSSR count). The molecule has 0 N–H and O–H groups in total. The minimum absolute atomic E-state index is 0.0560. The minimum Gasteiger partial charge on any atom is -0.444 e. The molecule has 0 aromatic heterocycles. The van der Waals surface area contributed by atoms with E-state index in [9.17, 15) is 4.79 Å². The highest BCUT2D eigenvalue weighted by molar-refractivity contribution is 5.69. The molecule has 1 aliphatic heterocycles. The quantitative estimate of drug-likeness (QED) is 0.714. The van der Waals surface area contributed by atoms with Gasteiger partial charge in [-0.2, -0.15) is 0 Å². The number of amides is 1. The first-order valence-electron chi connectivity index (χ1n) is 6.66. The van der Waals surface area contributed by atoms with Gasteiger partial charge < -0.3 is 9.64 Å². The molecule has 1 radical (unpaired) electrons. The van der Waals surface area contributed by atoms with Gasteiger partial charge in [-0.1, -0.05) is 26.0 Å². The van der Waals surface area contributed by atoms with Gasteiger partial charge in [0.05, 0.1) is 0 Å². The Kier molecular flexibility index (Phi) is 3.33. The lowest BCUT2D eigenvalue weighted by Crippen LogP contribution is -2.46. The van der Waals surface area contributed by atoms with Gasteiger partial charge >= 0.3 is 6.09 Å². The number of nitrogens with zero attached hydrogens (tertiary/aromatic N) is 1. The second-order valence-corrected chi connectivity index (χ2v) is 6.80. The third kappa shape index (κ3) is 3.09. The van der Waals surface area contributed by atoms with Crippen molar-refractivity contribution in [3.05, 3.63) is 35.4 Å². The molecule has 0 unspecified atom stereocenters. The predicted molar refractivity (Wildman–Crippen MR) is 74.9 cm³/mol. The highest BCUT2D eigenvalue weighted by atomic mass is 16.6. The van der Waals surface area contributed by atoms with Crippen LogP contribution >= 0.6 is 0 Å². The normalized spacial score (nSPS) is 17.8. The van der Waals surface area contributed by atoms with Gasteiger partial charge in [-0.15, -0.1) is 0 Å². The van der Waals surface area contributed by atoms with Gasteiger partial charge in [0.15, 0.2) is 0 Å². The molecule has 1 heterocycles. The van der Waals surface area contributed by atoms with Gasteiger partial charge in [0.25, 0.3) is 0 Å². The number of rotatable bonds is 0. The molecule has 0 spiro atoms. The molecule has 1 aromatic rings. The van der Waals surface area contributed by atoms with Crippen LogP contribution in [-0.2, 0) is 16.7 Å². The van der Waals surface area contributed by atoms with E-state index in [4.69, 9.17) is 4.74 Å². The Morgan fingerprint density at radius 2 is 2.11 bits per heavy atom. The highest BCUT2D eigenvalue weighted by Crippen LogP contribution is 2.33. The van der Waals surface area contributed by atoms with E-state index in [1.54, 1.807) is 4.90 Å². The zero-order chi connectivity index (χ0) is 14.3. The van der Waals surface area contributed by atoms with E-state index in [1.807, 2.05) is 32.9 Å². The number of benzene rings is 1. The van der Waals surface area contributed by atoms with Crippen LogP contribution in [0.1, 0.15) is 45.7 Å². The number of hydrogen-bond donors (Lipinski definition) is 0. The number of ether oxygens (including phenoxy) is 1. The van der Waals surface area contributed by atoms with Gasteiger partial charge in [0.2, 0.25) is 0 Å². The fourth-order valence-electron chi connectivity index (χ4n) is 2.54. The molecule has 0 bridgehead atoms. The van der Waals surface area contributed by atoms with E-state index in [-0.39, 0.29) is 11.5 Å². The Bertz CT molecular complexity index is 486. The summed E-state index contributed by atoms with van der Waals surface area (Å²) in [5.74, 6) is 0. The van der Waals surface area contributed by atoms with Crippen LogP contribution in [0.2, 0.25) is 0 Å². The van der Waals surface area contributed by atoms with Crippen LogP contribution in [-0.4, -0.2) is 23.1 Å². The van der Waals surface area contributed by atoms with Crippen molar-refractivity contribution in [3.8, 4) is 0 Å². The average molecular weight is 260 g/mol. The summed E-state index contributed by atoms with van der Waals surface area (Å²) in [6.45, 7) is 11.3. The Balaban J connectivity index is 2.23. The van der Waals surface area contributed by atoms with Crippen LogP contribution in [0, 0.1) is 6.07 Å². The van der Waals surface area contributed by atoms with Gasteiger partial charge in [-0.25, -0.2) is 4.79 Å². The second kappa shape index (κ2) is 4.55. The summed E-state index contributed by atoms with van der Waals surface area (Å²) in [4.78, 5) is 14.0. The number of carbonyl (C=O) groups is 1. The molecular weight excluding hydrogens is 238 g/mol. The number of carbonyl (C=O) groups excluding carboxylic acids is 1. The van der Waals surface area contributed by atoms with E-state index in [0.29, 0.717) is 13.1 Å². The van der Waals surface area contributed by atoms with Crippen LogP contribution < -0.4 is 0 Å². The van der Waals surface area contributed by atoms with Crippen molar-refractivity contribution in [2.24, 2.45) is 0 Å². The SMILES string of the molecule is CC(C)(C)OC(=O)N1Cc2c[c]ccc2C(C)(C)C1. The fraction of sp³-hybridized carbons (Fsp3) is 0.562. The zero-order valence-corrected chi connectivity index (χ0v) is 12.4. The first-order chi connectivity index (χ1) is 8.69. The second-order valence-electron chi connectivity index (χ2n) is 6.80. The summed E-state index contributed by atoms with van der Waals surface area (Å²) in [6.07, 6.45) is -0.241. The molecular formula is C16H22NO2. The lowest BCUT2D eigenvalue weighted by atomic mass is 9.78. The van der Waals surface area contributed by atoms with Crippen molar-refractivity contribution in [1.82, 2.24) is 4.90 Å². The zero-order valence-electron chi connectivity index (χ0n) is 12.4. The average Bonchev–Trinajstić information content (AvgIpc) is 2.25. The van der Waals surface area contributed by atoms with Crippen molar-refractivity contribution in [2.75, 3.05) is 6.54 Å². The van der Waals surface area contributed by atoms with Crippen LogP contribution in [0.4, 0.5) is 4.79 Å². The Morgan fingerprint density at radius 3 is 2.74 bits per heavy atom. The molecule has 1 aromatic carbocycles. The molecule has 19 heavy (non-hydrogen) atoms. The summed E-state index contributed by atoms with van der Waals surface area (Å²) < 4.78 is 5.46. The lowest BCUT2D eigenvalue weighted by molar-refractivity contribution is 0.0174. The number of hydrogen-bond acceptors (Lipinski definition) is 2. The van der Waals surface area contributed by atoms with E-state index in [2.05, 4.69) is 26.0 Å². The molecule has 0 aliphatic carbocycles. The maximum absolute atomic E-state index is 12.2. The Morgan fingerprint density at radius 1 is 1.42 bits per heavy atom. The van der Waals surface area contributed by atoms with Crippen LogP contribution in [0.25, 0.3) is 0 Å². The Hall–Kier alpha value is -1.51. The number of fused-ring (bicyclic) bond motifs is 1. The van der Waals surface area contributed by atoms with Crippen molar-refractivity contribution >= 4 is 6.09 Å². The van der Waals surface area contributed by atoms with Crippen molar-refractivity contribution in [3.63, 3.8) is 0 Å². The molecule has 0 saturated carbocycles. The molecule has 3 nitrogen and oxygen atoms in total. The van der Waals surface area contributed by atoms with E-state index >= 15 is 0 Å².